The summed E-state index contributed by atoms with van der Waals surface area (Å²) in [5.74, 6) is 0.934. The molecule has 0 aromatic heterocycles. The van der Waals surface area contributed by atoms with Gasteiger partial charge in [-0.25, -0.2) is 0 Å². The van der Waals surface area contributed by atoms with Gasteiger partial charge in [-0.3, -0.25) is 0 Å². The van der Waals surface area contributed by atoms with Crippen molar-refractivity contribution in [1.29, 1.82) is 0 Å². The maximum Gasteiger partial charge on any atom is 0.119 e. The molecule has 1 aromatic rings. The van der Waals surface area contributed by atoms with Crippen LogP contribution in [-0.4, -0.2) is 19.3 Å². The van der Waals surface area contributed by atoms with Crippen molar-refractivity contribution >= 4 is 0 Å². The molecular weight excluding hydrogens is 284 g/mol. The number of benzene rings is 1. The van der Waals surface area contributed by atoms with Crippen LogP contribution in [0.3, 0.4) is 0 Å². The minimum atomic E-state index is 0.124. The summed E-state index contributed by atoms with van der Waals surface area (Å²) in [4.78, 5) is 0. The molecule has 1 aromatic carbocycles. The summed E-state index contributed by atoms with van der Waals surface area (Å²) < 4.78 is 11.3. The molecule has 0 N–H and O–H groups in total. The van der Waals surface area contributed by atoms with Crippen LogP contribution in [0.2, 0.25) is 0 Å². The molecule has 0 spiro atoms. The molecule has 1 rings (SSSR count). The maximum absolute atomic E-state index is 5.76. The minimum absolute atomic E-state index is 0.124. The molecule has 1 atom stereocenters. The van der Waals surface area contributed by atoms with Gasteiger partial charge >= 0.3 is 0 Å². The molecule has 0 saturated heterocycles. The average molecular weight is 320 g/mol. The normalized spacial score (nSPS) is 12.3. The van der Waals surface area contributed by atoms with E-state index in [-0.39, 0.29) is 6.10 Å². The van der Waals surface area contributed by atoms with Crippen molar-refractivity contribution < 1.29 is 9.47 Å². The summed E-state index contributed by atoms with van der Waals surface area (Å²) in [6, 6.07) is 8.54. The number of ether oxygens (including phenoxy) is 2. The van der Waals surface area contributed by atoms with Crippen LogP contribution < -0.4 is 4.74 Å². The number of aryl methyl sites for hydroxylation is 1. The van der Waals surface area contributed by atoms with E-state index < -0.39 is 0 Å². The van der Waals surface area contributed by atoms with Crippen LogP contribution in [0.25, 0.3) is 0 Å². The Kier molecular flexibility index (Phi) is 11.7. The minimum Gasteiger partial charge on any atom is -0.491 e. The molecule has 1 unspecified atom stereocenters. The lowest BCUT2D eigenvalue weighted by molar-refractivity contribution is 0.0445. The highest BCUT2D eigenvalue weighted by molar-refractivity contribution is 5.27. The molecular formula is C21H35O2. The van der Waals surface area contributed by atoms with Crippen LogP contribution in [-0.2, 0) is 11.2 Å². The van der Waals surface area contributed by atoms with Crippen LogP contribution in [0.5, 0.6) is 5.75 Å². The molecule has 0 heterocycles. The Labute approximate surface area is 143 Å². The van der Waals surface area contributed by atoms with E-state index in [9.17, 15) is 0 Å². The summed E-state index contributed by atoms with van der Waals surface area (Å²) >= 11 is 0. The lowest BCUT2D eigenvalue weighted by Gasteiger charge is -2.14. The summed E-state index contributed by atoms with van der Waals surface area (Å²) in [5.41, 5.74) is 1.41. The Morgan fingerprint density at radius 2 is 1.61 bits per heavy atom. The molecule has 0 aliphatic rings. The van der Waals surface area contributed by atoms with Crippen LogP contribution in [0.1, 0.15) is 71.3 Å². The van der Waals surface area contributed by atoms with Gasteiger partial charge in [0.25, 0.3) is 0 Å². The maximum atomic E-state index is 5.76. The van der Waals surface area contributed by atoms with Gasteiger partial charge in [0.1, 0.15) is 12.4 Å². The molecule has 0 amide bonds. The van der Waals surface area contributed by atoms with Crippen molar-refractivity contribution in [2.45, 2.75) is 78.2 Å². The molecule has 0 bridgehead atoms. The largest absolute Gasteiger partial charge is 0.491 e. The van der Waals surface area contributed by atoms with Crippen molar-refractivity contribution in [3.05, 3.63) is 36.2 Å². The molecule has 23 heavy (non-hydrogen) atoms. The van der Waals surface area contributed by atoms with E-state index >= 15 is 0 Å². The number of rotatable bonds is 14. The highest BCUT2D eigenvalue weighted by Crippen LogP contribution is 2.15. The third-order valence-electron chi connectivity index (χ3n) is 4.02. The fourth-order valence-electron chi connectivity index (χ4n) is 2.56. The fraction of sp³-hybridized carbons (Fsp3) is 0.667. The molecule has 2 nitrogen and oxygen atoms in total. The SMILES string of the molecule is C[CH]COC(C)COc1ccc(CCCCCCCCC)cc1. The first kappa shape index (κ1) is 20.0. The number of hydrogen-bond acceptors (Lipinski definition) is 2. The van der Waals surface area contributed by atoms with Crippen molar-refractivity contribution in [2.75, 3.05) is 13.2 Å². The molecule has 131 valence electrons. The van der Waals surface area contributed by atoms with E-state index in [0.29, 0.717) is 13.2 Å². The van der Waals surface area contributed by atoms with Gasteiger partial charge in [-0.1, -0.05) is 64.5 Å². The van der Waals surface area contributed by atoms with Gasteiger partial charge in [0.05, 0.1) is 6.10 Å². The first-order valence-electron chi connectivity index (χ1n) is 9.37. The third kappa shape index (κ3) is 10.4. The monoisotopic (exact) mass is 319 g/mol. The predicted molar refractivity (Wildman–Crippen MR) is 99.0 cm³/mol. The van der Waals surface area contributed by atoms with Gasteiger partial charge in [-0.2, -0.15) is 0 Å². The highest BCUT2D eigenvalue weighted by Gasteiger charge is 2.03. The van der Waals surface area contributed by atoms with E-state index in [1.165, 1.54) is 56.9 Å². The van der Waals surface area contributed by atoms with E-state index in [1.807, 2.05) is 20.3 Å². The summed E-state index contributed by atoms with van der Waals surface area (Å²) in [7, 11) is 0. The molecule has 0 aliphatic carbocycles. The van der Waals surface area contributed by atoms with Gasteiger partial charge < -0.3 is 9.47 Å². The lowest BCUT2D eigenvalue weighted by atomic mass is 10.0. The lowest BCUT2D eigenvalue weighted by Crippen LogP contribution is -2.18. The van der Waals surface area contributed by atoms with E-state index in [4.69, 9.17) is 9.47 Å². The summed E-state index contributed by atoms with van der Waals surface area (Å²) in [6.07, 6.45) is 12.9. The van der Waals surface area contributed by atoms with Crippen LogP contribution in [0.4, 0.5) is 0 Å². The number of hydrogen-bond donors (Lipinski definition) is 0. The van der Waals surface area contributed by atoms with Gasteiger partial charge in [0.2, 0.25) is 0 Å². The topological polar surface area (TPSA) is 18.5 Å². The van der Waals surface area contributed by atoms with Crippen molar-refractivity contribution in [3.63, 3.8) is 0 Å². The van der Waals surface area contributed by atoms with Crippen LogP contribution >= 0.6 is 0 Å². The van der Waals surface area contributed by atoms with Crippen LogP contribution in [0.15, 0.2) is 24.3 Å². The number of unbranched alkanes of at least 4 members (excludes halogenated alkanes) is 6. The predicted octanol–water partition coefficient (Wildman–Crippen LogP) is 5.99. The Hall–Kier alpha value is -1.02. The smallest absolute Gasteiger partial charge is 0.119 e. The van der Waals surface area contributed by atoms with E-state index in [2.05, 4.69) is 31.2 Å². The zero-order chi connectivity index (χ0) is 16.8. The van der Waals surface area contributed by atoms with Crippen LogP contribution in [0, 0.1) is 6.42 Å². The second-order valence-electron chi connectivity index (χ2n) is 6.38. The second-order valence-corrected chi connectivity index (χ2v) is 6.38. The zero-order valence-electron chi connectivity index (χ0n) is 15.4. The Bertz CT molecular complexity index is 372. The molecule has 2 heteroatoms. The Balaban J connectivity index is 2.13. The average Bonchev–Trinajstić information content (AvgIpc) is 2.58. The standard InChI is InChI=1S/C21H35O2/c1-4-6-7-8-9-10-11-12-20-13-15-21(16-14-20)23-18-19(3)22-17-5-2/h5,13-16,19H,4,6-12,17-18H2,1-3H3. The van der Waals surface area contributed by atoms with Gasteiger partial charge in [-0.05, 0) is 43.9 Å². The van der Waals surface area contributed by atoms with Crippen molar-refractivity contribution in [1.82, 2.24) is 0 Å². The Morgan fingerprint density at radius 1 is 0.957 bits per heavy atom. The highest BCUT2D eigenvalue weighted by atomic mass is 16.5. The quantitative estimate of drug-likeness (QED) is 0.392. The zero-order valence-corrected chi connectivity index (χ0v) is 15.4. The van der Waals surface area contributed by atoms with Gasteiger partial charge in [-0.15, -0.1) is 0 Å². The fourth-order valence-corrected chi connectivity index (χ4v) is 2.56. The molecule has 0 saturated carbocycles. The van der Waals surface area contributed by atoms with Crippen molar-refractivity contribution in [2.24, 2.45) is 0 Å². The summed E-state index contributed by atoms with van der Waals surface area (Å²) in [6.45, 7) is 7.59. The first-order chi connectivity index (χ1) is 11.3. The van der Waals surface area contributed by atoms with Gasteiger partial charge in [0, 0.05) is 6.61 Å². The Morgan fingerprint density at radius 3 is 2.26 bits per heavy atom. The van der Waals surface area contributed by atoms with Crippen molar-refractivity contribution in [3.8, 4) is 5.75 Å². The summed E-state index contributed by atoms with van der Waals surface area (Å²) in [5, 5.41) is 0. The third-order valence-corrected chi connectivity index (χ3v) is 4.02. The van der Waals surface area contributed by atoms with E-state index in [1.54, 1.807) is 0 Å². The van der Waals surface area contributed by atoms with Gasteiger partial charge in [0.15, 0.2) is 0 Å². The first-order valence-corrected chi connectivity index (χ1v) is 9.37. The van der Waals surface area contributed by atoms with E-state index in [0.717, 1.165) is 5.75 Å². The molecule has 0 fully saturated rings. The molecule has 1 radical (unpaired) electrons. The molecule has 0 aliphatic heterocycles. The second kappa shape index (κ2) is 13.4.